The van der Waals surface area contributed by atoms with E-state index in [1.54, 1.807) is 23.1 Å². The average molecular weight is 355 g/mol. The zero-order chi connectivity index (χ0) is 18.7. The van der Waals surface area contributed by atoms with Gasteiger partial charge in [-0.15, -0.1) is 0 Å². The minimum absolute atomic E-state index is 0.0628. The van der Waals surface area contributed by atoms with Crippen LogP contribution in [0.15, 0.2) is 42.5 Å². The molecule has 1 atom stereocenters. The molecule has 0 bridgehead atoms. The first kappa shape index (κ1) is 18.1. The number of hydrogen-bond acceptors (Lipinski definition) is 2. The fraction of sp³-hybridized carbons (Fsp3) is 0.333. The lowest BCUT2D eigenvalue weighted by Gasteiger charge is -2.31. The van der Waals surface area contributed by atoms with E-state index in [-0.39, 0.29) is 23.2 Å². The molecule has 26 heavy (non-hydrogen) atoms. The molecule has 0 aromatic heterocycles. The highest BCUT2D eigenvalue weighted by molar-refractivity contribution is 5.88. The Labute approximate surface area is 152 Å². The summed E-state index contributed by atoms with van der Waals surface area (Å²) >= 11 is 0. The van der Waals surface area contributed by atoms with Crippen LogP contribution in [0.4, 0.5) is 4.39 Å². The van der Waals surface area contributed by atoms with E-state index in [0.29, 0.717) is 25.9 Å². The quantitative estimate of drug-likeness (QED) is 0.890. The topological polar surface area (TPSA) is 57.6 Å². The Morgan fingerprint density at radius 1 is 1.19 bits per heavy atom. The second kappa shape index (κ2) is 7.68. The lowest BCUT2D eigenvalue weighted by Crippen LogP contribution is -2.39. The van der Waals surface area contributed by atoms with Crippen molar-refractivity contribution in [3.63, 3.8) is 0 Å². The monoisotopic (exact) mass is 355 g/mol. The van der Waals surface area contributed by atoms with Gasteiger partial charge in [-0.05, 0) is 60.2 Å². The van der Waals surface area contributed by atoms with Crippen molar-refractivity contribution in [3.8, 4) is 0 Å². The molecule has 5 heteroatoms. The number of rotatable bonds is 5. The van der Waals surface area contributed by atoms with Crippen LogP contribution in [0, 0.1) is 11.7 Å². The van der Waals surface area contributed by atoms with Crippen molar-refractivity contribution in [2.24, 2.45) is 5.92 Å². The highest BCUT2D eigenvalue weighted by Gasteiger charge is 2.25. The van der Waals surface area contributed by atoms with Gasteiger partial charge in [0.15, 0.2) is 0 Å². The molecule has 1 heterocycles. The van der Waals surface area contributed by atoms with Crippen molar-refractivity contribution in [1.82, 2.24) is 4.90 Å². The summed E-state index contributed by atoms with van der Waals surface area (Å²) in [5, 5.41) is 9.14. The summed E-state index contributed by atoms with van der Waals surface area (Å²) in [5.41, 5.74) is 3.14. The number of amides is 1. The maximum absolute atomic E-state index is 13.3. The van der Waals surface area contributed by atoms with Gasteiger partial charge < -0.3 is 10.0 Å². The second-order valence-electron chi connectivity index (χ2n) is 6.87. The van der Waals surface area contributed by atoms with E-state index in [4.69, 9.17) is 5.11 Å². The first-order valence-corrected chi connectivity index (χ1v) is 8.82. The zero-order valence-corrected chi connectivity index (χ0v) is 14.7. The van der Waals surface area contributed by atoms with E-state index >= 15 is 0 Å². The number of halogens is 1. The van der Waals surface area contributed by atoms with Crippen LogP contribution in [-0.4, -0.2) is 28.4 Å². The molecular weight excluding hydrogens is 333 g/mol. The molecule has 0 aliphatic carbocycles. The number of hydrogen-bond donors (Lipinski definition) is 1. The molecular formula is C21H22FNO3. The number of aromatic carboxylic acids is 1. The van der Waals surface area contributed by atoms with E-state index in [1.807, 2.05) is 19.1 Å². The van der Waals surface area contributed by atoms with Crippen LogP contribution in [0.2, 0.25) is 0 Å². The summed E-state index contributed by atoms with van der Waals surface area (Å²) in [6.07, 6.45) is 2.04. The number of nitrogens with zero attached hydrogens (tertiary/aromatic N) is 1. The largest absolute Gasteiger partial charge is 0.478 e. The molecule has 1 aliphatic rings. The SMILES string of the molecule is CC(CCc1cccc(F)c1)C(=O)N1CCc2ccc(C(=O)O)cc2C1. The number of aryl methyl sites for hydroxylation is 1. The van der Waals surface area contributed by atoms with E-state index in [0.717, 1.165) is 23.1 Å². The van der Waals surface area contributed by atoms with Crippen molar-refractivity contribution in [3.05, 3.63) is 70.5 Å². The first-order chi connectivity index (χ1) is 12.4. The minimum atomic E-state index is -0.959. The number of benzene rings is 2. The third-order valence-corrected chi connectivity index (χ3v) is 4.95. The maximum Gasteiger partial charge on any atom is 0.335 e. The Bertz CT molecular complexity index is 834. The summed E-state index contributed by atoms with van der Waals surface area (Å²) < 4.78 is 13.3. The van der Waals surface area contributed by atoms with Crippen molar-refractivity contribution in [2.75, 3.05) is 6.54 Å². The fourth-order valence-electron chi connectivity index (χ4n) is 3.39. The molecule has 1 aliphatic heterocycles. The molecule has 0 spiro atoms. The van der Waals surface area contributed by atoms with Crippen LogP contribution in [0.1, 0.15) is 40.4 Å². The molecule has 1 amide bonds. The van der Waals surface area contributed by atoms with E-state index in [9.17, 15) is 14.0 Å². The maximum atomic E-state index is 13.3. The summed E-state index contributed by atoms with van der Waals surface area (Å²) in [4.78, 5) is 25.7. The Kier molecular flexibility index (Phi) is 5.35. The van der Waals surface area contributed by atoms with Crippen molar-refractivity contribution < 1.29 is 19.1 Å². The number of carboxylic acids is 1. The Morgan fingerprint density at radius 3 is 2.73 bits per heavy atom. The Balaban J connectivity index is 1.63. The third kappa shape index (κ3) is 4.10. The summed E-state index contributed by atoms with van der Waals surface area (Å²) in [6, 6.07) is 11.6. The molecule has 0 radical (unpaired) electrons. The van der Waals surface area contributed by atoms with Crippen molar-refractivity contribution in [1.29, 1.82) is 0 Å². The second-order valence-corrected chi connectivity index (χ2v) is 6.87. The number of fused-ring (bicyclic) bond motifs is 1. The summed E-state index contributed by atoms with van der Waals surface area (Å²) in [7, 11) is 0. The molecule has 0 saturated heterocycles. The predicted molar refractivity (Wildman–Crippen MR) is 96.4 cm³/mol. The average Bonchev–Trinajstić information content (AvgIpc) is 2.64. The van der Waals surface area contributed by atoms with Gasteiger partial charge in [-0.1, -0.05) is 25.1 Å². The van der Waals surface area contributed by atoms with Crippen LogP contribution >= 0.6 is 0 Å². The van der Waals surface area contributed by atoms with E-state index in [2.05, 4.69) is 0 Å². The fourth-order valence-corrected chi connectivity index (χ4v) is 3.39. The molecule has 0 saturated carbocycles. The molecule has 0 fully saturated rings. The summed E-state index contributed by atoms with van der Waals surface area (Å²) in [6.45, 7) is 2.98. The smallest absolute Gasteiger partial charge is 0.335 e. The van der Waals surface area contributed by atoms with Gasteiger partial charge in [0.1, 0.15) is 5.82 Å². The zero-order valence-electron chi connectivity index (χ0n) is 14.7. The lowest BCUT2D eigenvalue weighted by molar-refractivity contribution is -0.136. The van der Waals surface area contributed by atoms with Crippen LogP contribution in [0.25, 0.3) is 0 Å². The van der Waals surface area contributed by atoms with Crippen LogP contribution < -0.4 is 0 Å². The molecule has 136 valence electrons. The Hall–Kier alpha value is -2.69. The normalized spacial score (nSPS) is 14.6. The van der Waals surface area contributed by atoms with Gasteiger partial charge in [0.2, 0.25) is 5.91 Å². The number of carbonyl (C=O) groups excluding carboxylic acids is 1. The van der Waals surface area contributed by atoms with Crippen LogP contribution in [0.5, 0.6) is 0 Å². The van der Waals surface area contributed by atoms with Gasteiger partial charge in [-0.2, -0.15) is 0 Å². The van der Waals surface area contributed by atoms with Gasteiger partial charge in [0.25, 0.3) is 0 Å². The van der Waals surface area contributed by atoms with Crippen molar-refractivity contribution >= 4 is 11.9 Å². The third-order valence-electron chi connectivity index (χ3n) is 4.95. The minimum Gasteiger partial charge on any atom is -0.478 e. The number of carbonyl (C=O) groups is 2. The van der Waals surface area contributed by atoms with E-state index in [1.165, 1.54) is 12.1 Å². The number of carboxylic acid groups (broad SMARTS) is 1. The van der Waals surface area contributed by atoms with Gasteiger partial charge in [-0.3, -0.25) is 4.79 Å². The highest BCUT2D eigenvalue weighted by atomic mass is 19.1. The molecule has 1 unspecified atom stereocenters. The predicted octanol–water partition coefficient (Wildman–Crippen LogP) is 3.68. The van der Waals surface area contributed by atoms with Gasteiger partial charge in [0.05, 0.1) is 5.56 Å². The highest BCUT2D eigenvalue weighted by Crippen LogP contribution is 2.23. The van der Waals surface area contributed by atoms with E-state index < -0.39 is 5.97 Å². The van der Waals surface area contributed by atoms with Crippen molar-refractivity contribution in [2.45, 2.75) is 32.7 Å². The summed E-state index contributed by atoms with van der Waals surface area (Å²) in [5.74, 6) is -1.32. The lowest BCUT2D eigenvalue weighted by atomic mass is 9.95. The Morgan fingerprint density at radius 2 is 2.00 bits per heavy atom. The first-order valence-electron chi connectivity index (χ1n) is 8.82. The molecule has 2 aromatic rings. The van der Waals surface area contributed by atoms with Gasteiger partial charge in [0, 0.05) is 19.0 Å². The van der Waals surface area contributed by atoms with Crippen LogP contribution in [0.3, 0.4) is 0 Å². The molecule has 3 rings (SSSR count). The van der Waals surface area contributed by atoms with Crippen LogP contribution in [-0.2, 0) is 24.2 Å². The standard InChI is InChI=1S/C21H22FNO3/c1-14(5-6-15-3-2-4-19(22)11-15)20(24)23-10-9-16-7-8-17(21(25)26)12-18(16)13-23/h2-4,7-8,11-12,14H,5-6,9-10,13H2,1H3,(H,25,26). The molecule has 2 aromatic carbocycles. The van der Waals surface area contributed by atoms with Gasteiger partial charge >= 0.3 is 5.97 Å². The molecule has 4 nitrogen and oxygen atoms in total. The van der Waals surface area contributed by atoms with Gasteiger partial charge in [-0.25, -0.2) is 9.18 Å². The molecule has 1 N–H and O–H groups in total.